The Balaban J connectivity index is 1.83. The van der Waals surface area contributed by atoms with Crippen molar-refractivity contribution in [2.75, 3.05) is 5.73 Å². The molecule has 0 spiro atoms. The third-order valence-corrected chi connectivity index (χ3v) is 3.34. The number of aromatic nitrogens is 2. The fourth-order valence-corrected chi connectivity index (χ4v) is 2.14. The number of nitrogens with zero attached hydrogens (tertiary/aromatic N) is 2. The predicted octanol–water partition coefficient (Wildman–Crippen LogP) is 1.85. The van der Waals surface area contributed by atoms with Gasteiger partial charge < -0.3 is 11.1 Å². The molecule has 0 aliphatic heterocycles. The van der Waals surface area contributed by atoms with Gasteiger partial charge in [-0.2, -0.15) is 9.78 Å². The van der Waals surface area contributed by atoms with Crippen LogP contribution in [0.3, 0.4) is 0 Å². The zero-order chi connectivity index (χ0) is 13.5. The molecular formula is C13H13FN4O. The number of hydrogen-bond donors (Lipinski definition) is 2. The first-order chi connectivity index (χ1) is 9.11. The lowest BCUT2D eigenvalue weighted by Crippen LogP contribution is -2.38. The molecule has 19 heavy (non-hydrogen) atoms. The molecule has 0 radical (unpaired) electrons. The monoisotopic (exact) mass is 260 g/mol. The number of anilines is 1. The van der Waals surface area contributed by atoms with Gasteiger partial charge in [0.2, 0.25) is 0 Å². The Hall–Kier alpha value is -2.37. The average Bonchev–Trinajstić information content (AvgIpc) is 3.03. The first kappa shape index (κ1) is 11.7. The number of rotatable bonds is 2. The molecule has 3 rings (SSSR count). The molecule has 1 aromatic heterocycles. The van der Waals surface area contributed by atoms with Crippen LogP contribution in [0, 0.1) is 5.82 Å². The normalized spacial score (nSPS) is 16.1. The van der Waals surface area contributed by atoms with Crippen LogP contribution in [0.1, 0.15) is 18.4 Å². The number of amides is 1. The van der Waals surface area contributed by atoms with E-state index in [0.29, 0.717) is 0 Å². The van der Waals surface area contributed by atoms with Crippen molar-refractivity contribution in [3.05, 3.63) is 47.9 Å². The van der Waals surface area contributed by atoms with E-state index in [9.17, 15) is 9.18 Å². The summed E-state index contributed by atoms with van der Waals surface area (Å²) >= 11 is 0. The molecular weight excluding hydrogens is 247 g/mol. The number of halogens is 1. The first-order valence-electron chi connectivity index (χ1n) is 5.99. The van der Waals surface area contributed by atoms with E-state index in [1.165, 1.54) is 18.3 Å². The molecule has 1 saturated carbocycles. The second-order valence-corrected chi connectivity index (χ2v) is 4.69. The van der Waals surface area contributed by atoms with Gasteiger partial charge in [0.25, 0.3) is 0 Å². The highest BCUT2D eigenvalue weighted by molar-refractivity contribution is 5.80. The quantitative estimate of drug-likeness (QED) is 0.865. The molecule has 1 amide bonds. The number of carbonyl (C=O) groups excluding carboxylic acids is 1. The lowest BCUT2D eigenvalue weighted by Gasteiger charge is -2.18. The van der Waals surface area contributed by atoms with E-state index < -0.39 is 11.6 Å². The number of benzene rings is 1. The van der Waals surface area contributed by atoms with Gasteiger partial charge in [0, 0.05) is 6.07 Å². The summed E-state index contributed by atoms with van der Waals surface area (Å²) in [5.74, 6) is -0.0378. The Morgan fingerprint density at radius 3 is 2.79 bits per heavy atom. The topological polar surface area (TPSA) is 72.9 Å². The number of nitrogens with one attached hydrogen (secondary N) is 1. The van der Waals surface area contributed by atoms with Gasteiger partial charge in [0.15, 0.2) is 0 Å². The van der Waals surface area contributed by atoms with Crippen molar-refractivity contribution in [2.24, 2.45) is 0 Å². The summed E-state index contributed by atoms with van der Waals surface area (Å²) in [5, 5.41) is 6.71. The Morgan fingerprint density at radius 1 is 1.42 bits per heavy atom. The minimum atomic E-state index is -0.489. The number of nitrogens with two attached hydrogens (primary N) is 1. The van der Waals surface area contributed by atoms with E-state index in [1.807, 2.05) is 6.07 Å². The number of hydrogen-bond acceptors (Lipinski definition) is 3. The van der Waals surface area contributed by atoms with Crippen LogP contribution < -0.4 is 11.1 Å². The van der Waals surface area contributed by atoms with Gasteiger partial charge in [0.05, 0.1) is 11.7 Å². The minimum Gasteiger partial charge on any atom is -0.383 e. The van der Waals surface area contributed by atoms with E-state index in [2.05, 4.69) is 10.4 Å². The number of carbonyl (C=O) groups is 1. The van der Waals surface area contributed by atoms with E-state index in [1.54, 1.807) is 12.1 Å². The molecule has 3 N–H and O–H groups in total. The van der Waals surface area contributed by atoms with Gasteiger partial charge in [-0.05, 0) is 30.5 Å². The van der Waals surface area contributed by atoms with Crippen LogP contribution in [-0.2, 0) is 5.54 Å². The van der Waals surface area contributed by atoms with Crippen LogP contribution in [0.2, 0.25) is 0 Å². The second kappa shape index (κ2) is 4.08. The van der Waals surface area contributed by atoms with Gasteiger partial charge in [-0.3, -0.25) is 0 Å². The average molecular weight is 260 g/mol. The molecule has 0 saturated heterocycles. The zero-order valence-corrected chi connectivity index (χ0v) is 10.1. The van der Waals surface area contributed by atoms with Gasteiger partial charge in [0.1, 0.15) is 11.6 Å². The first-order valence-corrected chi connectivity index (χ1v) is 5.99. The van der Waals surface area contributed by atoms with Gasteiger partial charge in [-0.1, -0.05) is 12.1 Å². The van der Waals surface area contributed by atoms with Crippen LogP contribution >= 0.6 is 0 Å². The summed E-state index contributed by atoms with van der Waals surface area (Å²) in [5.41, 5.74) is 5.90. The Bertz CT molecular complexity index is 633. The van der Waals surface area contributed by atoms with Crippen LogP contribution in [0.25, 0.3) is 0 Å². The number of nitrogen functional groups attached to an aromatic ring is 1. The molecule has 0 bridgehead atoms. The SMILES string of the molecule is Nc1ccnn1C(=O)NC1(c2cccc(F)c2)CC1. The van der Waals surface area contributed by atoms with Crippen molar-refractivity contribution in [2.45, 2.75) is 18.4 Å². The fraction of sp³-hybridized carbons (Fsp3) is 0.231. The van der Waals surface area contributed by atoms with Crippen molar-refractivity contribution in [3.63, 3.8) is 0 Å². The Labute approximate surface area is 109 Å². The van der Waals surface area contributed by atoms with E-state index in [0.717, 1.165) is 23.1 Å². The highest BCUT2D eigenvalue weighted by Gasteiger charge is 2.46. The van der Waals surface area contributed by atoms with E-state index in [-0.39, 0.29) is 11.6 Å². The predicted molar refractivity (Wildman–Crippen MR) is 67.9 cm³/mol. The maximum absolute atomic E-state index is 13.2. The molecule has 98 valence electrons. The molecule has 1 aliphatic rings. The lowest BCUT2D eigenvalue weighted by atomic mass is 10.1. The summed E-state index contributed by atoms with van der Waals surface area (Å²) in [6.07, 6.45) is 3.02. The van der Waals surface area contributed by atoms with Gasteiger partial charge in [-0.15, -0.1) is 0 Å². The fourth-order valence-electron chi connectivity index (χ4n) is 2.14. The summed E-state index contributed by atoms with van der Waals surface area (Å²) < 4.78 is 14.3. The second-order valence-electron chi connectivity index (χ2n) is 4.69. The molecule has 0 atom stereocenters. The van der Waals surface area contributed by atoms with E-state index >= 15 is 0 Å². The van der Waals surface area contributed by atoms with Crippen molar-refractivity contribution in [3.8, 4) is 0 Å². The molecule has 1 aliphatic carbocycles. The summed E-state index contributed by atoms with van der Waals surface area (Å²) in [4.78, 5) is 12.1. The van der Waals surface area contributed by atoms with Crippen molar-refractivity contribution >= 4 is 11.8 Å². The Morgan fingerprint density at radius 2 is 2.21 bits per heavy atom. The van der Waals surface area contributed by atoms with Crippen LogP contribution in [-0.4, -0.2) is 15.8 Å². The maximum Gasteiger partial charge on any atom is 0.344 e. The minimum absolute atomic E-state index is 0.271. The smallest absolute Gasteiger partial charge is 0.344 e. The standard InChI is InChI=1S/C13H13FN4O/c14-10-3-1-2-9(8-10)13(5-6-13)17-12(19)18-11(15)4-7-16-18/h1-4,7-8H,5-6,15H2,(H,17,19). The highest BCUT2D eigenvalue weighted by Crippen LogP contribution is 2.45. The van der Waals surface area contributed by atoms with Crippen molar-refractivity contribution in [1.82, 2.24) is 15.1 Å². The third kappa shape index (κ3) is 2.05. The van der Waals surface area contributed by atoms with Gasteiger partial charge >= 0.3 is 6.03 Å². The molecule has 0 unspecified atom stereocenters. The molecule has 5 nitrogen and oxygen atoms in total. The molecule has 1 aromatic carbocycles. The Kier molecular flexibility index (Phi) is 2.51. The van der Waals surface area contributed by atoms with Gasteiger partial charge in [-0.25, -0.2) is 9.18 Å². The third-order valence-electron chi connectivity index (χ3n) is 3.34. The summed E-state index contributed by atoms with van der Waals surface area (Å²) in [6.45, 7) is 0. The molecule has 6 heteroatoms. The summed E-state index contributed by atoms with van der Waals surface area (Å²) in [7, 11) is 0. The molecule has 1 fully saturated rings. The molecule has 1 heterocycles. The van der Waals surface area contributed by atoms with Crippen LogP contribution in [0.5, 0.6) is 0 Å². The van der Waals surface area contributed by atoms with Crippen molar-refractivity contribution in [1.29, 1.82) is 0 Å². The highest BCUT2D eigenvalue weighted by atomic mass is 19.1. The van der Waals surface area contributed by atoms with E-state index in [4.69, 9.17) is 5.73 Å². The molecule has 2 aromatic rings. The van der Waals surface area contributed by atoms with Crippen LogP contribution in [0.15, 0.2) is 36.5 Å². The van der Waals surface area contributed by atoms with Crippen molar-refractivity contribution < 1.29 is 9.18 Å². The van der Waals surface area contributed by atoms with Crippen LogP contribution in [0.4, 0.5) is 15.0 Å². The lowest BCUT2D eigenvalue weighted by molar-refractivity contribution is 0.235. The maximum atomic E-state index is 13.2. The zero-order valence-electron chi connectivity index (χ0n) is 10.1. The summed E-state index contributed by atoms with van der Waals surface area (Å²) in [6, 6.07) is 7.42. The largest absolute Gasteiger partial charge is 0.383 e.